The molecule has 1 aliphatic rings. The van der Waals surface area contributed by atoms with E-state index in [0.29, 0.717) is 37.6 Å². The molecule has 0 atom stereocenters. The highest BCUT2D eigenvalue weighted by atomic mass is 32.1. The maximum Gasteiger partial charge on any atom is 0.226 e. The molecule has 0 fully saturated rings. The van der Waals surface area contributed by atoms with Gasteiger partial charge in [-0.15, -0.1) is 22.7 Å². The summed E-state index contributed by atoms with van der Waals surface area (Å²) in [5, 5.41) is 11.5. The summed E-state index contributed by atoms with van der Waals surface area (Å²) in [4.78, 5) is 23.0. The number of amides is 1. The zero-order valence-electron chi connectivity index (χ0n) is 20.7. The van der Waals surface area contributed by atoms with Crippen LogP contribution in [0.3, 0.4) is 0 Å². The molecule has 4 aromatic rings. The van der Waals surface area contributed by atoms with Crippen LogP contribution in [0.15, 0.2) is 30.5 Å². The molecule has 3 N–H and O–H groups in total. The molecule has 5 rings (SSSR count). The van der Waals surface area contributed by atoms with Crippen LogP contribution in [-0.2, 0) is 22.5 Å². The zero-order valence-corrected chi connectivity index (χ0v) is 22.3. The van der Waals surface area contributed by atoms with Gasteiger partial charge < -0.3 is 25.4 Å². The monoisotopic (exact) mass is 541 g/mol. The van der Waals surface area contributed by atoms with Crippen LogP contribution in [0.1, 0.15) is 16.9 Å². The zero-order chi connectivity index (χ0) is 25.8. The Balaban J connectivity index is 1.46. The minimum absolute atomic E-state index is 0.0354. The van der Waals surface area contributed by atoms with E-state index in [1.54, 1.807) is 29.8 Å². The second-order valence-corrected chi connectivity index (χ2v) is 10.7. The number of anilines is 1. The van der Waals surface area contributed by atoms with Crippen LogP contribution in [0.25, 0.3) is 31.9 Å². The highest BCUT2D eigenvalue weighted by Crippen LogP contribution is 2.45. The van der Waals surface area contributed by atoms with Gasteiger partial charge in [-0.25, -0.2) is 14.4 Å². The van der Waals surface area contributed by atoms with Gasteiger partial charge in [0.2, 0.25) is 11.8 Å². The fourth-order valence-corrected chi connectivity index (χ4v) is 6.66. The topological polar surface area (TPSA) is 97.4 Å². The van der Waals surface area contributed by atoms with Gasteiger partial charge in [0.05, 0.1) is 30.1 Å². The predicted molar refractivity (Wildman–Crippen MR) is 146 cm³/mol. The van der Waals surface area contributed by atoms with Crippen molar-refractivity contribution in [2.75, 3.05) is 45.8 Å². The van der Waals surface area contributed by atoms with Crippen molar-refractivity contribution in [2.45, 2.75) is 19.4 Å². The highest BCUT2D eigenvalue weighted by molar-refractivity contribution is 7.23. The van der Waals surface area contributed by atoms with E-state index in [0.717, 1.165) is 57.1 Å². The van der Waals surface area contributed by atoms with Gasteiger partial charge >= 0.3 is 0 Å². The van der Waals surface area contributed by atoms with Crippen molar-refractivity contribution in [2.24, 2.45) is 0 Å². The number of nitrogens with zero attached hydrogens (tertiary/aromatic N) is 2. The van der Waals surface area contributed by atoms with Gasteiger partial charge in [-0.1, -0.05) is 6.07 Å². The first-order valence-corrected chi connectivity index (χ1v) is 13.7. The lowest BCUT2D eigenvalue weighted by molar-refractivity contribution is -0.116. The molecule has 1 aromatic carbocycles. The van der Waals surface area contributed by atoms with Crippen molar-refractivity contribution in [1.82, 2.24) is 20.6 Å². The molecule has 0 bridgehead atoms. The maximum atomic E-state index is 13.9. The Kier molecular flexibility index (Phi) is 8.06. The fraction of sp³-hybridized carbons (Fsp3) is 0.346. The number of fused-ring (bicyclic) bond motifs is 2. The number of hydrogen-bond acceptors (Lipinski definition) is 9. The number of thiophene rings is 1. The number of carbonyl (C=O) groups excluding carboxylic acids is 1. The Morgan fingerprint density at radius 2 is 2.11 bits per heavy atom. The van der Waals surface area contributed by atoms with Crippen molar-refractivity contribution in [1.29, 1.82) is 0 Å². The summed E-state index contributed by atoms with van der Waals surface area (Å²) in [6, 6.07) is 7.26. The number of ether oxygens (including phenoxy) is 2. The second kappa shape index (κ2) is 11.6. The molecule has 8 nitrogen and oxygen atoms in total. The molecule has 0 saturated carbocycles. The number of rotatable bonds is 10. The summed E-state index contributed by atoms with van der Waals surface area (Å²) >= 11 is 3.20. The van der Waals surface area contributed by atoms with E-state index in [4.69, 9.17) is 14.5 Å². The Labute approximate surface area is 222 Å². The van der Waals surface area contributed by atoms with Gasteiger partial charge in [-0.3, -0.25) is 4.79 Å². The SMILES string of the molecule is COCCNCCC(=O)Nc1sc2c(c1-c1nc3cc(-c4cc(F)cnc4OC)ccc3s1)CCNC2. The molecule has 0 aliphatic carbocycles. The number of carbonyl (C=O) groups is 1. The Morgan fingerprint density at radius 1 is 1.22 bits per heavy atom. The third-order valence-electron chi connectivity index (χ3n) is 6.12. The molecule has 3 aromatic heterocycles. The summed E-state index contributed by atoms with van der Waals surface area (Å²) in [5.41, 5.74) is 4.41. The third-order valence-corrected chi connectivity index (χ3v) is 8.32. The van der Waals surface area contributed by atoms with E-state index in [9.17, 15) is 9.18 Å². The number of pyridine rings is 1. The van der Waals surface area contributed by atoms with Crippen molar-refractivity contribution in [3.63, 3.8) is 0 Å². The maximum absolute atomic E-state index is 13.9. The van der Waals surface area contributed by atoms with Crippen LogP contribution in [0.4, 0.5) is 9.39 Å². The summed E-state index contributed by atoms with van der Waals surface area (Å²) in [6.45, 7) is 3.56. The molecule has 4 heterocycles. The van der Waals surface area contributed by atoms with Gasteiger partial charge in [0.1, 0.15) is 15.8 Å². The normalized spacial score (nSPS) is 13.1. The molecule has 37 heavy (non-hydrogen) atoms. The minimum Gasteiger partial charge on any atom is -0.481 e. The smallest absolute Gasteiger partial charge is 0.226 e. The van der Waals surface area contributed by atoms with E-state index < -0.39 is 5.82 Å². The number of halogens is 1. The number of aromatic nitrogens is 2. The number of nitrogens with one attached hydrogen (secondary N) is 3. The molecule has 0 spiro atoms. The molecule has 0 saturated heterocycles. The van der Waals surface area contributed by atoms with Gasteiger partial charge in [0.15, 0.2) is 0 Å². The molecular formula is C26H28FN5O3S2. The van der Waals surface area contributed by atoms with Gasteiger partial charge in [0.25, 0.3) is 0 Å². The van der Waals surface area contributed by atoms with Crippen molar-refractivity contribution < 1.29 is 18.7 Å². The number of thiazole rings is 1. The van der Waals surface area contributed by atoms with Crippen LogP contribution >= 0.6 is 22.7 Å². The second-order valence-electron chi connectivity index (χ2n) is 8.59. The quantitative estimate of drug-likeness (QED) is 0.255. The summed E-state index contributed by atoms with van der Waals surface area (Å²) < 4.78 is 25.3. The number of hydrogen-bond donors (Lipinski definition) is 3. The van der Waals surface area contributed by atoms with Crippen LogP contribution in [0, 0.1) is 5.82 Å². The van der Waals surface area contributed by atoms with Crippen LogP contribution in [0.2, 0.25) is 0 Å². The van der Waals surface area contributed by atoms with E-state index >= 15 is 0 Å². The molecule has 1 amide bonds. The lowest BCUT2D eigenvalue weighted by Crippen LogP contribution is -2.24. The molecular weight excluding hydrogens is 513 g/mol. The van der Waals surface area contributed by atoms with E-state index in [1.807, 2.05) is 18.2 Å². The van der Waals surface area contributed by atoms with E-state index in [-0.39, 0.29) is 5.91 Å². The fourth-order valence-electron chi connectivity index (χ4n) is 4.34. The molecule has 194 valence electrons. The number of benzene rings is 1. The van der Waals surface area contributed by atoms with Crippen LogP contribution < -0.4 is 20.7 Å². The van der Waals surface area contributed by atoms with Crippen LogP contribution in [0.5, 0.6) is 5.88 Å². The number of methoxy groups -OCH3 is 2. The molecule has 11 heteroatoms. The first-order valence-electron chi connectivity index (χ1n) is 12.0. The predicted octanol–water partition coefficient (Wildman–Crippen LogP) is 4.44. The highest BCUT2D eigenvalue weighted by Gasteiger charge is 2.25. The third kappa shape index (κ3) is 5.65. The van der Waals surface area contributed by atoms with Crippen LogP contribution in [-0.4, -0.2) is 56.3 Å². The lowest BCUT2D eigenvalue weighted by atomic mass is 10.0. The first kappa shape index (κ1) is 25.7. The van der Waals surface area contributed by atoms with Gasteiger partial charge in [-0.2, -0.15) is 0 Å². The van der Waals surface area contributed by atoms with Crippen molar-refractivity contribution in [3.05, 3.63) is 46.7 Å². The van der Waals surface area contributed by atoms with E-state index in [1.165, 1.54) is 23.6 Å². The largest absolute Gasteiger partial charge is 0.481 e. The first-order chi connectivity index (χ1) is 18.1. The standard InChI is InChI=1S/C26H28FN5O3S2/c1-34-10-9-28-8-6-22(33)32-26-23(17-5-7-29-14-21(17)37-26)25-31-19-11-15(3-4-20(19)36-25)18-12-16(27)13-30-24(18)35-2/h3-4,11-13,28-29H,5-10,14H2,1-2H3,(H,32,33). The van der Waals surface area contributed by atoms with Gasteiger partial charge in [-0.05, 0) is 42.3 Å². The minimum atomic E-state index is -0.428. The Bertz CT molecular complexity index is 1420. The molecule has 1 aliphatic heterocycles. The Morgan fingerprint density at radius 3 is 2.95 bits per heavy atom. The summed E-state index contributed by atoms with van der Waals surface area (Å²) in [7, 11) is 3.17. The average Bonchev–Trinajstić information content (AvgIpc) is 3.48. The summed E-state index contributed by atoms with van der Waals surface area (Å²) in [6.07, 6.45) is 2.39. The lowest BCUT2D eigenvalue weighted by Gasteiger charge is -2.13. The van der Waals surface area contributed by atoms with E-state index in [2.05, 4.69) is 20.9 Å². The average molecular weight is 542 g/mol. The molecule has 0 radical (unpaired) electrons. The van der Waals surface area contributed by atoms with Crippen molar-refractivity contribution in [3.8, 4) is 27.6 Å². The van der Waals surface area contributed by atoms with Crippen molar-refractivity contribution >= 4 is 43.8 Å². The Hall–Kier alpha value is -2.96. The molecule has 0 unspecified atom stereocenters. The summed E-state index contributed by atoms with van der Waals surface area (Å²) in [5.74, 6) is -0.105. The van der Waals surface area contributed by atoms with Gasteiger partial charge in [0, 0.05) is 49.2 Å².